The monoisotopic (exact) mass is 288 g/mol. The van der Waals surface area contributed by atoms with Crippen LogP contribution in [0.25, 0.3) is 0 Å². The van der Waals surface area contributed by atoms with E-state index >= 15 is 0 Å². The summed E-state index contributed by atoms with van der Waals surface area (Å²) in [5.41, 5.74) is 5.62. The zero-order valence-electron chi connectivity index (χ0n) is 11.9. The highest BCUT2D eigenvalue weighted by molar-refractivity contribution is 7.89. The standard InChI is InChI=1S/C14H28N2O2S/c15-10-11-16(14-8-4-5-9-14)19(17,18)12-13-6-2-1-3-7-13/h13-14H,1-12,15H2. The van der Waals surface area contributed by atoms with Crippen LogP contribution >= 0.6 is 0 Å². The van der Waals surface area contributed by atoms with E-state index in [-0.39, 0.29) is 6.04 Å². The molecule has 0 atom stereocenters. The molecule has 0 aromatic carbocycles. The summed E-state index contributed by atoms with van der Waals surface area (Å²) in [6.07, 6.45) is 10.2. The molecule has 0 saturated heterocycles. The molecule has 0 heterocycles. The maximum Gasteiger partial charge on any atom is 0.214 e. The van der Waals surface area contributed by atoms with E-state index in [1.54, 1.807) is 4.31 Å². The van der Waals surface area contributed by atoms with Crippen LogP contribution in [0, 0.1) is 5.92 Å². The van der Waals surface area contributed by atoms with Gasteiger partial charge < -0.3 is 5.73 Å². The van der Waals surface area contributed by atoms with Crippen LogP contribution in [0.5, 0.6) is 0 Å². The molecular formula is C14H28N2O2S. The first-order valence-electron chi connectivity index (χ1n) is 7.83. The summed E-state index contributed by atoms with van der Waals surface area (Å²) in [4.78, 5) is 0. The van der Waals surface area contributed by atoms with Crippen molar-refractivity contribution in [2.45, 2.75) is 63.8 Å². The van der Waals surface area contributed by atoms with Crippen molar-refractivity contribution in [3.05, 3.63) is 0 Å². The van der Waals surface area contributed by atoms with Crippen LogP contribution in [0.4, 0.5) is 0 Å². The van der Waals surface area contributed by atoms with Crippen molar-refractivity contribution < 1.29 is 8.42 Å². The molecule has 0 aromatic rings. The van der Waals surface area contributed by atoms with E-state index in [1.807, 2.05) is 0 Å². The molecule has 112 valence electrons. The summed E-state index contributed by atoms with van der Waals surface area (Å²) in [7, 11) is -3.11. The number of sulfonamides is 1. The zero-order valence-corrected chi connectivity index (χ0v) is 12.7. The first-order valence-corrected chi connectivity index (χ1v) is 9.44. The predicted molar refractivity (Wildman–Crippen MR) is 78.4 cm³/mol. The topological polar surface area (TPSA) is 63.4 Å². The molecule has 2 saturated carbocycles. The summed E-state index contributed by atoms with van der Waals surface area (Å²) >= 11 is 0. The second-order valence-corrected chi connectivity index (χ2v) is 8.09. The fourth-order valence-electron chi connectivity index (χ4n) is 3.62. The molecule has 2 aliphatic carbocycles. The van der Waals surface area contributed by atoms with E-state index in [2.05, 4.69) is 0 Å². The SMILES string of the molecule is NCCN(C1CCCC1)S(=O)(=O)CC1CCCCC1. The van der Waals surface area contributed by atoms with Gasteiger partial charge in [0.05, 0.1) is 5.75 Å². The summed E-state index contributed by atoms with van der Waals surface area (Å²) < 4.78 is 27.0. The van der Waals surface area contributed by atoms with E-state index < -0.39 is 10.0 Å². The molecule has 4 nitrogen and oxygen atoms in total. The summed E-state index contributed by atoms with van der Waals surface area (Å²) in [6.45, 7) is 0.931. The Bertz CT molecular complexity index is 358. The molecular weight excluding hydrogens is 260 g/mol. The van der Waals surface area contributed by atoms with Gasteiger partial charge in [0.1, 0.15) is 0 Å². The lowest BCUT2D eigenvalue weighted by molar-refractivity contribution is 0.318. The Morgan fingerprint density at radius 3 is 2.11 bits per heavy atom. The zero-order chi connectivity index (χ0) is 13.7. The van der Waals surface area contributed by atoms with Gasteiger partial charge in [0.2, 0.25) is 10.0 Å². The molecule has 0 unspecified atom stereocenters. The van der Waals surface area contributed by atoms with Crippen LogP contribution in [-0.4, -0.2) is 37.6 Å². The average molecular weight is 288 g/mol. The van der Waals surface area contributed by atoms with E-state index in [9.17, 15) is 8.42 Å². The highest BCUT2D eigenvalue weighted by Gasteiger charge is 2.33. The van der Waals surface area contributed by atoms with Crippen LogP contribution < -0.4 is 5.73 Å². The van der Waals surface area contributed by atoms with Gasteiger partial charge >= 0.3 is 0 Å². The number of nitrogens with zero attached hydrogens (tertiary/aromatic N) is 1. The second-order valence-electron chi connectivity index (χ2n) is 6.12. The van der Waals surface area contributed by atoms with Crippen molar-refractivity contribution in [3.63, 3.8) is 0 Å². The largest absolute Gasteiger partial charge is 0.329 e. The molecule has 0 radical (unpaired) electrons. The minimum absolute atomic E-state index is 0.220. The third kappa shape index (κ3) is 4.17. The van der Waals surface area contributed by atoms with Crippen molar-refractivity contribution in [1.82, 2.24) is 4.31 Å². The van der Waals surface area contributed by atoms with E-state index in [0.29, 0.717) is 24.8 Å². The molecule has 2 aliphatic rings. The molecule has 2 rings (SSSR count). The van der Waals surface area contributed by atoms with Gasteiger partial charge in [0.25, 0.3) is 0 Å². The fourth-order valence-corrected chi connectivity index (χ4v) is 5.78. The van der Waals surface area contributed by atoms with Crippen LogP contribution in [-0.2, 0) is 10.0 Å². The Labute approximate surface area is 117 Å². The van der Waals surface area contributed by atoms with Crippen LogP contribution in [0.3, 0.4) is 0 Å². The molecule has 0 aromatic heterocycles. The molecule has 0 amide bonds. The number of hydrogen-bond donors (Lipinski definition) is 1. The van der Waals surface area contributed by atoms with Gasteiger partial charge in [0, 0.05) is 19.1 Å². The summed E-state index contributed by atoms with van der Waals surface area (Å²) in [5, 5.41) is 0. The fraction of sp³-hybridized carbons (Fsp3) is 1.00. The van der Waals surface area contributed by atoms with Gasteiger partial charge in [0.15, 0.2) is 0 Å². The first-order chi connectivity index (χ1) is 9.13. The van der Waals surface area contributed by atoms with Crippen LogP contribution in [0.15, 0.2) is 0 Å². The quantitative estimate of drug-likeness (QED) is 0.814. The van der Waals surface area contributed by atoms with Gasteiger partial charge in [-0.3, -0.25) is 0 Å². The normalized spacial score (nSPS) is 23.3. The van der Waals surface area contributed by atoms with Gasteiger partial charge in [-0.25, -0.2) is 8.42 Å². The molecule has 5 heteroatoms. The Hall–Kier alpha value is -0.130. The number of rotatable bonds is 6. The Balaban J connectivity index is 2.00. The van der Waals surface area contributed by atoms with Gasteiger partial charge in [-0.2, -0.15) is 4.31 Å². The molecule has 0 bridgehead atoms. The maximum atomic E-state index is 12.6. The lowest BCUT2D eigenvalue weighted by Gasteiger charge is -2.30. The van der Waals surface area contributed by atoms with Crippen molar-refractivity contribution in [1.29, 1.82) is 0 Å². The van der Waals surface area contributed by atoms with Gasteiger partial charge in [-0.05, 0) is 31.6 Å². The molecule has 0 aliphatic heterocycles. The highest BCUT2D eigenvalue weighted by Crippen LogP contribution is 2.29. The lowest BCUT2D eigenvalue weighted by Crippen LogP contribution is -2.44. The smallest absolute Gasteiger partial charge is 0.214 e. The summed E-state index contributed by atoms with van der Waals surface area (Å²) in [6, 6.07) is 0.220. The van der Waals surface area contributed by atoms with E-state index in [4.69, 9.17) is 5.73 Å². The molecule has 0 spiro atoms. The summed E-state index contributed by atoms with van der Waals surface area (Å²) in [5.74, 6) is 0.726. The first kappa shape index (κ1) is 15.3. The number of hydrogen-bond acceptors (Lipinski definition) is 3. The van der Waals surface area contributed by atoms with Gasteiger partial charge in [-0.1, -0.05) is 32.1 Å². The Morgan fingerprint density at radius 1 is 0.947 bits per heavy atom. The minimum atomic E-state index is -3.11. The van der Waals surface area contributed by atoms with Crippen molar-refractivity contribution in [3.8, 4) is 0 Å². The van der Waals surface area contributed by atoms with Crippen molar-refractivity contribution >= 4 is 10.0 Å². The van der Waals surface area contributed by atoms with Crippen LogP contribution in [0.2, 0.25) is 0 Å². The maximum absolute atomic E-state index is 12.6. The Kier molecular flexibility index (Phi) is 5.66. The van der Waals surface area contributed by atoms with Crippen molar-refractivity contribution in [2.75, 3.05) is 18.8 Å². The number of nitrogens with two attached hydrogens (primary N) is 1. The third-order valence-electron chi connectivity index (χ3n) is 4.61. The van der Waals surface area contributed by atoms with Crippen LogP contribution in [0.1, 0.15) is 57.8 Å². The highest BCUT2D eigenvalue weighted by atomic mass is 32.2. The lowest BCUT2D eigenvalue weighted by atomic mass is 9.91. The second kappa shape index (κ2) is 7.04. The molecule has 2 fully saturated rings. The van der Waals surface area contributed by atoms with E-state index in [0.717, 1.165) is 38.5 Å². The minimum Gasteiger partial charge on any atom is -0.329 e. The van der Waals surface area contributed by atoms with Gasteiger partial charge in [-0.15, -0.1) is 0 Å². The van der Waals surface area contributed by atoms with E-state index in [1.165, 1.54) is 19.3 Å². The van der Waals surface area contributed by atoms with Crippen molar-refractivity contribution in [2.24, 2.45) is 11.7 Å². The molecule has 2 N–H and O–H groups in total. The predicted octanol–water partition coefficient (Wildman–Crippen LogP) is 2.10. The molecule has 19 heavy (non-hydrogen) atoms. The third-order valence-corrected chi connectivity index (χ3v) is 6.70. The average Bonchev–Trinajstić information content (AvgIpc) is 2.90. The Morgan fingerprint density at radius 2 is 1.53 bits per heavy atom.